The lowest BCUT2D eigenvalue weighted by Gasteiger charge is -2.15. The predicted octanol–water partition coefficient (Wildman–Crippen LogP) is -0.298. The van der Waals surface area contributed by atoms with Gasteiger partial charge in [0.1, 0.15) is 6.04 Å². The van der Waals surface area contributed by atoms with Crippen LogP contribution >= 0.6 is 0 Å². The number of nitrogens with one attached hydrogen (secondary N) is 1. The average molecular weight is 246 g/mol. The molecule has 0 saturated carbocycles. The van der Waals surface area contributed by atoms with Crippen LogP contribution in [0, 0.1) is 5.92 Å². The maximum absolute atomic E-state index is 11.4. The van der Waals surface area contributed by atoms with Crippen LogP contribution in [0.25, 0.3) is 0 Å². The van der Waals surface area contributed by atoms with E-state index in [0.29, 0.717) is 12.3 Å². The van der Waals surface area contributed by atoms with E-state index in [1.807, 2.05) is 13.8 Å². The molecule has 0 rings (SSSR count). The normalized spacial score (nSPS) is 14.4. The van der Waals surface area contributed by atoms with Crippen molar-refractivity contribution in [1.82, 2.24) is 5.32 Å². The first kappa shape index (κ1) is 15.9. The number of carbonyl (C=O) groups excluding carboxylic acids is 1. The van der Waals surface area contributed by atoms with Gasteiger partial charge in [0, 0.05) is 12.5 Å². The van der Waals surface area contributed by atoms with Crippen LogP contribution < -0.4 is 11.1 Å². The molecule has 2 atom stereocenters. The van der Waals surface area contributed by atoms with Crippen molar-refractivity contribution < 1.29 is 19.8 Å². The fourth-order valence-corrected chi connectivity index (χ4v) is 1.49. The van der Waals surface area contributed by atoms with Gasteiger partial charge in [-0.15, -0.1) is 0 Å². The molecule has 0 radical (unpaired) electrons. The van der Waals surface area contributed by atoms with E-state index in [0.717, 1.165) is 6.42 Å². The highest BCUT2D eigenvalue weighted by Crippen LogP contribution is 2.07. The lowest BCUT2D eigenvalue weighted by molar-refractivity contribution is -0.142. The lowest BCUT2D eigenvalue weighted by Crippen LogP contribution is -2.43. The fraction of sp³-hybridized carbons (Fsp3) is 0.818. The number of aliphatic hydroxyl groups is 1. The van der Waals surface area contributed by atoms with Crippen LogP contribution in [-0.4, -0.2) is 40.8 Å². The summed E-state index contributed by atoms with van der Waals surface area (Å²) in [5, 5.41) is 19.6. The third-order valence-electron chi connectivity index (χ3n) is 2.33. The molecule has 0 fully saturated rings. The SMILES string of the molecule is CC(C)CC(N)CCC(=O)N[C@@H](CO)C(=O)O. The maximum atomic E-state index is 11.4. The molecule has 0 aliphatic rings. The standard InChI is InChI=1S/C11H22N2O4/c1-7(2)5-8(12)3-4-10(15)13-9(6-14)11(16)17/h7-9,14H,3-6,12H2,1-2H3,(H,13,15)(H,16,17)/t8?,9-/m0/s1. The van der Waals surface area contributed by atoms with Crippen molar-refractivity contribution in [3.63, 3.8) is 0 Å². The van der Waals surface area contributed by atoms with Crippen molar-refractivity contribution in [3.05, 3.63) is 0 Å². The quantitative estimate of drug-likeness (QED) is 0.470. The first-order valence-electron chi connectivity index (χ1n) is 5.75. The largest absolute Gasteiger partial charge is 0.480 e. The van der Waals surface area contributed by atoms with Gasteiger partial charge < -0.3 is 21.3 Å². The summed E-state index contributed by atoms with van der Waals surface area (Å²) in [6.07, 6.45) is 1.52. The molecule has 1 unspecified atom stereocenters. The summed E-state index contributed by atoms with van der Waals surface area (Å²) < 4.78 is 0. The van der Waals surface area contributed by atoms with Gasteiger partial charge in [0.25, 0.3) is 0 Å². The first-order valence-corrected chi connectivity index (χ1v) is 5.75. The highest BCUT2D eigenvalue weighted by Gasteiger charge is 2.18. The molecule has 0 saturated heterocycles. The molecule has 17 heavy (non-hydrogen) atoms. The topological polar surface area (TPSA) is 113 Å². The zero-order valence-electron chi connectivity index (χ0n) is 10.3. The smallest absolute Gasteiger partial charge is 0.328 e. The van der Waals surface area contributed by atoms with Gasteiger partial charge >= 0.3 is 5.97 Å². The van der Waals surface area contributed by atoms with Crippen LogP contribution in [-0.2, 0) is 9.59 Å². The second-order valence-electron chi connectivity index (χ2n) is 4.57. The van der Waals surface area contributed by atoms with E-state index < -0.39 is 24.5 Å². The Hall–Kier alpha value is -1.14. The molecule has 1 amide bonds. The van der Waals surface area contributed by atoms with Gasteiger partial charge in [0.2, 0.25) is 5.91 Å². The summed E-state index contributed by atoms with van der Waals surface area (Å²) in [6.45, 7) is 3.48. The second-order valence-corrected chi connectivity index (χ2v) is 4.57. The number of nitrogens with two attached hydrogens (primary N) is 1. The monoisotopic (exact) mass is 246 g/mol. The van der Waals surface area contributed by atoms with Crippen molar-refractivity contribution >= 4 is 11.9 Å². The third-order valence-corrected chi connectivity index (χ3v) is 2.33. The molecule has 0 aromatic rings. The number of carbonyl (C=O) groups is 2. The summed E-state index contributed by atoms with van der Waals surface area (Å²) in [5.74, 6) is -1.17. The number of carboxylic acid groups (broad SMARTS) is 1. The van der Waals surface area contributed by atoms with E-state index in [9.17, 15) is 9.59 Å². The molecule has 0 heterocycles. The number of rotatable bonds is 8. The van der Waals surface area contributed by atoms with E-state index in [4.69, 9.17) is 15.9 Å². The summed E-state index contributed by atoms with van der Waals surface area (Å²) >= 11 is 0. The van der Waals surface area contributed by atoms with Crippen molar-refractivity contribution in [1.29, 1.82) is 0 Å². The molecule has 0 spiro atoms. The molecule has 0 aromatic heterocycles. The molecule has 0 bridgehead atoms. The molecule has 0 aliphatic heterocycles. The molecule has 5 N–H and O–H groups in total. The molecule has 0 aliphatic carbocycles. The van der Waals surface area contributed by atoms with Gasteiger partial charge in [-0.3, -0.25) is 4.79 Å². The van der Waals surface area contributed by atoms with Crippen LogP contribution in [0.1, 0.15) is 33.1 Å². The number of carboxylic acids is 1. The predicted molar refractivity (Wildman–Crippen MR) is 63.3 cm³/mol. The zero-order valence-corrected chi connectivity index (χ0v) is 10.3. The van der Waals surface area contributed by atoms with Crippen molar-refractivity contribution in [2.75, 3.05) is 6.61 Å². The highest BCUT2D eigenvalue weighted by molar-refractivity contribution is 5.83. The number of amides is 1. The van der Waals surface area contributed by atoms with Crippen LogP contribution in [0.2, 0.25) is 0 Å². The van der Waals surface area contributed by atoms with Crippen LogP contribution in [0.5, 0.6) is 0 Å². The summed E-state index contributed by atoms with van der Waals surface area (Å²) in [7, 11) is 0. The molecular formula is C11H22N2O4. The Bertz CT molecular complexity index is 256. The number of hydrogen-bond donors (Lipinski definition) is 4. The second kappa shape index (κ2) is 8.03. The van der Waals surface area contributed by atoms with Crippen molar-refractivity contribution in [2.24, 2.45) is 11.7 Å². The van der Waals surface area contributed by atoms with E-state index in [-0.39, 0.29) is 12.5 Å². The fourth-order valence-electron chi connectivity index (χ4n) is 1.49. The zero-order chi connectivity index (χ0) is 13.4. The van der Waals surface area contributed by atoms with Gasteiger partial charge in [-0.2, -0.15) is 0 Å². The lowest BCUT2D eigenvalue weighted by atomic mass is 10.0. The van der Waals surface area contributed by atoms with E-state index in [2.05, 4.69) is 5.32 Å². The minimum absolute atomic E-state index is 0.0573. The Morgan fingerprint density at radius 3 is 2.35 bits per heavy atom. The Morgan fingerprint density at radius 1 is 1.35 bits per heavy atom. The summed E-state index contributed by atoms with van der Waals surface area (Å²) in [6, 6.07) is -1.29. The third kappa shape index (κ3) is 7.70. The molecule has 6 heteroatoms. The highest BCUT2D eigenvalue weighted by atomic mass is 16.4. The van der Waals surface area contributed by atoms with Gasteiger partial charge in [-0.1, -0.05) is 13.8 Å². The molecule has 0 aromatic carbocycles. The minimum atomic E-state index is -1.24. The van der Waals surface area contributed by atoms with E-state index in [1.54, 1.807) is 0 Å². The van der Waals surface area contributed by atoms with Gasteiger partial charge in [0.15, 0.2) is 0 Å². The Kier molecular flexibility index (Phi) is 7.49. The summed E-state index contributed by atoms with van der Waals surface area (Å²) in [4.78, 5) is 21.9. The Balaban J connectivity index is 3.90. The Morgan fingerprint density at radius 2 is 1.94 bits per heavy atom. The number of aliphatic carboxylic acids is 1. The molecule has 100 valence electrons. The summed E-state index contributed by atoms with van der Waals surface area (Å²) in [5.41, 5.74) is 5.80. The van der Waals surface area contributed by atoms with Crippen molar-refractivity contribution in [2.45, 2.75) is 45.2 Å². The van der Waals surface area contributed by atoms with Crippen LogP contribution in [0.15, 0.2) is 0 Å². The first-order chi connectivity index (χ1) is 7.86. The minimum Gasteiger partial charge on any atom is -0.480 e. The number of aliphatic hydroxyl groups excluding tert-OH is 1. The van der Waals surface area contributed by atoms with E-state index in [1.165, 1.54) is 0 Å². The van der Waals surface area contributed by atoms with Gasteiger partial charge in [-0.05, 0) is 18.8 Å². The molecule has 6 nitrogen and oxygen atoms in total. The van der Waals surface area contributed by atoms with Gasteiger partial charge in [0.05, 0.1) is 6.61 Å². The van der Waals surface area contributed by atoms with Crippen LogP contribution in [0.4, 0.5) is 0 Å². The maximum Gasteiger partial charge on any atom is 0.328 e. The Labute approximate surface area is 101 Å². The van der Waals surface area contributed by atoms with E-state index >= 15 is 0 Å². The van der Waals surface area contributed by atoms with Crippen LogP contribution in [0.3, 0.4) is 0 Å². The van der Waals surface area contributed by atoms with Gasteiger partial charge in [-0.25, -0.2) is 4.79 Å². The average Bonchev–Trinajstić information content (AvgIpc) is 2.21. The molecular weight excluding hydrogens is 224 g/mol. The number of hydrogen-bond acceptors (Lipinski definition) is 4. The van der Waals surface area contributed by atoms with Crippen molar-refractivity contribution in [3.8, 4) is 0 Å².